The standard InChI is InChI=1S/C18H21NOS/c1-4-14-5-7-15(8-6-14)13-19(2)18(20)16-9-11-17(21-3)12-10-16/h5-12H,4,13H2,1-3H3. The third-order valence-electron chi connectivity index (χ3n) is 3.53. The Hall–Kier alpha value is -1.74. The Morgan fingerprint density at radius 1 is 1.00 bits per heavy atom. The van der Waals surface area contributed by atoms with Gasteiger partial charge in [0.25, 0.3) is 5.91 Å². The maximum atomic E-state index is 12.4. The van der Waals surface area contributed by atoms with Gasteiger partial charge < -0.3 is 4.90 Å². The summed E-state index contributed by atoms with van der Waals surface area (Å²) in [5.41, 5.74) is 3.21. The van der Waals surface area contributed by atoms with Crippen LogP contribution in [0, 0.1) is 0 Å². The molecule has 2 nitrogen and oxygen atoms in total. The molecule has 0 bridgehead atoms. The van der Waals surface area contributed by atoms with Crippen molar-refractivity contribution >= 4 is 17.7 Å². The summed E-state index contributed by atoms with van der Waals surface area (Å²) >= 11 is 1.68. The van der Waals surface area contributed by atoms with Crippen LogP contribution >= 0.6 is 11.8 Å². The Morgan fingerprint density at radius 3 is 2.10 bits per heavy atom. The summed E-state index contributed by atoms with van der Waals surface area (Å²) in [4.78, 5) is 15.3. The first-order chi connectivity index (χ1) is 10.1. The van der Waals surface area contributed by atoms with Crippen LogP contribution in [0.1, 0.15) is 28.4 Å². The lowest BCUT2D eigenvalue weighted by Gasteiger charge is -2.17. The Balaban J connectivity index is 2.03. The van der Waals surface area contributed by atoms with E-state index in [1.807, 2.05) is 37.6 Å². The van der Waals surface area contributed by atoms with Gasteiger partial charge in [-0.15, -0.1) is 11.8 Å². The van der Waals surface area contributed by atoms with E-state index in [0.29, 0.717) is 6.54 Å². The molecule has 21 heavy (non-hydrogen) atoms. The van der Waals surface area contributed by atoms with E-state index in [4.69, 9.17) is 0 Å². The molecule has 0 radical (unpaired) electrons. The molecule has 2 aromatic rings. The minimum atomic E-state index is 0.0576. The molecule has 0 aromatic heterocycles. The smallest absolute Gasteiger partial charge is 0.253 e. The number of aryl methyl sites for hydroxylation is 1. The van der Waals surface area contributed by atoms with Crippen LogP contribution in [0.4, 0.5) is 0 Å². The number of nitrogens with zero attached hydrogens (tertiary/aromatic N) is 1. The van der Waals surface area contributed by atoms with Gasteiger partial charge in [0, 0.05) is 24.1 Å². The van der Waals surface area contributed by atoms with Crippen LogP contribution < -0.4 is 0 Å². The molecule has 0 aliphatic rings. The third kappa shape index (κ3) is 4.11. The SMILES string of the molecule is CCc1ccc(CN(C)C(=O)c2ccc(SC)cc2)cc1. The lowest BCUT2D eigenvalue weighted by molar-refractivity contribution is 0.0785. The summed E-state index contributed by atoms with van der Waals surface area (Å²) in [7, 11) is 1.85. The van der Waals surface area contributed by atoms with Gasteiger partial charge in [0.2, 0.25) is 0 Å². The number of thioether (sulfide) groups is 1. The van der Waals surface area contributed by atoms with Crippen LogP contribution in [0.5, 0.6) is 0 Å². The first-order valence-corrected chi connectivity index (χ1v) is 8.34. The first-order valence-electron chi connectivity index (χ1n) is 7.11. The van der Waals surface area contributed by atoms with Gasteiger partial charge in [0.15, 0.2) is 0 Å². The maximum absolute atomic E-state index is 12.4. The zero-order valence-electron chi connectivity index (χ0n) is 12.8. The second-order valence-electron chi connectivity index (χ2n) is 5.06. The molecular formula is C18H21NOS. The van der Waals surface area contributed by atoms with Crippen molar-refractivity contribution in [3.05, 3.63) is 65.2 Å². The quantitative estimate of drug-likeness (QED) is 0.770. The number of amides is 1. The normalized spacial score (nSPS) is 10.4. The molecule has 0 N–H and O–H groups in total. The van der Waals surface area contributed by atoms with Gasteiger partial charge in [0.1, 0.15) is 0 Å². The largest absolute Gasteiger partial charge is 0.337 e. The van der Waals surface area contributed by atoms with Crippen molar-refractivity contribution in [3.63, 3.8) is 0 Å². The van der Waals surface area contributed by atoms with Crippen LogP contribution in [-0.2, 0) is 13.0 Å². The number of carbonyl (C=O) groups is 1. The predicted octanol–water partition coefficient (Wildman–Crippen LogP) is 4.24. The predicted molar refractivity (Wildman–Crippen MR) is 89.8 cm³/mol. The molecule has 0 spiro atoms. The summed E-state index contributed by atoms with van der Waals surface area (Å²) in [6, 6.07) is 16.2. The second kappa shape index (κ2) is 7.32. The molecular weight excluding hydrogens is 278 g/mol. The van der Waals surface area contributed by atoms with Gasteiger partial charge in [-0.3, -0.25) is 4.79 Å². The van der Waals surface area contributed by atoms with E-state index < -0.39 is 0 Å². The topological polar surface area (TPSA) is 20.3 Å². The van der Waals surface area contributed by atoms with Crippen molar-refractivity contribution in [2.45, 2.75) is 24.8 Å². The average molecular weight is 299 g/mol. The van der Waals surface area contributed by atoms with Crippen molar-refractivity contribution in [3.8, 4) is 0 Å². The van der Waals surface area contributed by atoms with Crippen LogP contribution in [0.25, 0.3) is 0 Å². The highest BCUT2D eigenvalue weighted by molar-refractivity contribution is 7.98. The number of benzene rings is 2. The Morgan fingerprint density at radius 2 is 1.57 bits per heavy atom. The molecule has 3 heteroatoms. The highest BCUT2D eigenvalue weighted by Crippen LogP contribution is 2.16. The number of carbonyl (C=O) groups excluding carboxylic acids is 1. The lowest BCUT2D eigenvalue weighted by Crippen LogP contribution is -2.26. The summed E-state index contributed by atoms with van der Waals surface area (Å²) in [6.07, 6.45) is 3.07. The number of rotatable bonds is 5. The Labute approximate surface area is 131 Å². The zero-order valence-corrected chi connectivity index (χ0v) is 13.6. The summed E-state index contributed by atoms with van der Waals surface area (Å²) < 4.78 is 0. The van der Waals surface area contributed by atoms with Gasteiger partial charge in [-0.2, -0.15) is 0 Å². The molecule has 0 heterocycles. The van der Waals surface area contributed by atoms with Gasteiger partial charge >= 0.3 is 0 Å². The van der Waals surface area contributed by atoms with Crippen molar-refractivity contribution in [1.29, 1.82) is 0 Å². The van der Waals surface area contributed by atoms with E-state index in [1.54, 1.807) is 16.7 Å². The third-order valence-corrected chi connectivity index (χ3v) is 4.28. The van der Waals surface area contributed by atoms with Gasteiger partial charge in [-0.1, -0.05) is 31.2 Å². The highest BCUT2D eigenvalue weighted by Gasteiger charge is 2.11. The molecule has 0 aliphatic heterocycles. The van der Waals surface area contributed by atoms with Gasteiger partial charge in [0.05, 0.1) is 0 Å². The molecule has 2 aromatic carbocycles. The number of hydrogen-bond acceptors (Lipinski definition) is 2. The van der Waals surface area contributed by atoms with Crippen LogP contribution in [0.15, 0.2) is 53.4 Å². The first kappa shape index (κ1) is 15.6. The minimum Gasteiger partial charge on any atom is -0.337 e. The van der Waals surface area contributed by atoms with E-state index >= 15 is 0 Å². The molecule has 0 fully saturated rings. The average Bonchev–Trinajstić information content (AvgIpc) is 2.55. The molecule has 0 saturated heterocycles. The summed E-state index contributed by atoms with van der Waals surface area (Å²) in [5.74, 6) is 0.0576. The van der Waals surface area contributed by atoms with Crippen LogP contribution in [-0.4, -0.2) is 24.1 Å². The van der Waals surface area contributed by atoms with Crippen molar-refractivity contribution in [2.75, 3.05) is 13.3 Å². The maximum Gasteiger partial charge on any atom is 0.253 e. The Kier molecular flexibility index (Phi) is 5.45. The lowest BCUT2D eigenvalue weighted by atomic mass is 10.1. The fourth-order valence-electron chi connectivity index (χ4n) is 2.18. The van der Waals surface area contributed by atoms with Crippen LogP contribution in [0.2, 0.25) is 0 Å². The van der Waals surface area contributed by atoms with Crippen LogP contribution in [0.3, 0.4) is 0 Å². The van der Waals surface area contributed by atoms with E-state index in [9.17, 15) is 4.79 Å². The summed E-state index contributed by atoms with van der Waals surface area (Å²) in [6.45, 7) is 2.77. The monoisotopic (exact) mass is 299 g/mol. The molecule has 0 atom stereocenters. The van der Waals surface area contributed by atoms with E-state index in [1.165, 1.54) is 10.5 Å². The molecule has 0 saturated carbocycles. The van der Waals surface area contributed by atoms with Crippen molar-refractivity contribution in [1.82, 2.24) is 4.90 Å². The van der Waals surface area contributed by atoms with Gasteiger partial charge in [-0.25, -0.2) is 0 Å². The molecule has 0 aliphatic carbocycles. The van der Waals surface area contributed by atoms with E-state index in [0.717, 1.165) is 17.5 Å². The second-order valence-corrected chi connectivity index (χ2v) is 5.94. The van der Waals surface area contributed by atoms with E-state index in [2.05, 4.69) is 31.2 Å². The highest BCUT2D eigenvalue weighted by atomic mass is 32.2. The molecule has 1 amide bonds. The zero-order chi connectivity index (χ0) is 15.2. The Bertz CT molecular complexity index is 590. The summed E-state index contributed by atoms with van der Waals surface area (Å²) in [5, 5.41) is 0. The van der Waals surface area contributed by atoms with Gasteiger partial charge in [-0.05, 0) is 48.1 Å². The molecule has 2 rings (SSSR count). The molecule has 110 valence electrons. The van der Waals surface area contributed by atoms with Crippen molar-refractivity contribution < 1.29 is 4.79 Å². The fourth-order valence-corrected chi connectivity index (χ4v) is 2.59. The van der Waals surface area contributed by atoms with E-state index in [-0.39, 0.29) is 5.91 Å². The van der Waals surface area contributed by atoms with Crippen molar-refractivity contribution in [2.24, 2.45) is 0 Å². The number of hydrogen-bond donors (Lipinski definition) is 0. The fraction of sp³-hybridized carbons (Fsp3) is 0.278. The minimum absolute atomic E-state index is 0.0576. The molecule has 0 unspecified atom stereocenters.